The Morgan fingerprint density at radius 3 is 2.65 bits per heavy atom. The number of carbonyl (C=O) groups is 1. The summed E-state index contributed by atoms with van der Waals surface area (Å²) in [5, 5.41) is 0. The third-order valence-electron chi connectivity index (χ3n) is 3.62. The molecule has 0 bridgehead atoms. The molecule has 0 radical (unpaired) electrons. The second-order valence-electron chi connectivity index (χ2n) is 5.47. The Labute approximate surface area is 128 Å². The maximum Gasteiger partial charge on any atom is 0.239 e. The molecule has 110 valence electrons. The first-order valence-electron chi connectivity index (χ1n) is 6.90. The van der Waals surface area contributed by atoms with Crippen LogP contribution in [0, 0.1) is 5.92 Å². The Morgan fingerprint density at radius 1 is 1.40 bits per heavy atom. The Kier molecular flexibility index (Phi) is 5.18. The van der Waals surface area contributed by atoms with Gasteiger partial charge in [0.05, 0.1) is 19.2 Å². The van der Waals surface area contributed by atoms with Crippen molar-refractivity contribution >= 4 is 21.8 Å². The molecule has 1 unspecified atom stereocenters. The van der Waals surface area contributed by atoms with Gasteiger partial charge in [-0.2, -0.15) is 0 Å². The fourth-order valence-electron chi connectivity index (χ4n) is 2.22. The second kappa shape index (κ2) is 6.70. The highest BCUT2D eigenvalue weighted by molar-refractivity contribution is 9.10. The normalized spacial score (nSPS) is 21.1. The zero-order valence-corrected chi connectivity index (χ0v) is 13.5. The number of ether oxygens (including phenoxy) is 1. The Hall–Kier alpha value is -0.910. The average molecular weight is 341 g/mol. The zero-order chi connectivity index (χ0) is 14.7. The van der Waals surface area contributed by atoms with E-state index in [-0.39, 0.29) is 17.9 Å². The number of hydrogen-bond donors (Lipinski definition) is 1. The molecule has 0 aliphatic carbocycles. The van der Waals surface area contributed by atoms with Gasteiger partial charge >= 0.3 is 0 Å². The van der Waals surface area contributed by atoms with Crippen molar-refractivity contribution in [1.29, 1.82) is 0 Å². The minimum atomic E-state index is -0.432. The Morgan fingerprint density at radius 2 is 2.05 bits per heavy atom. The summed E-state index contributed by atoms with van der Waals surface area (Å²) in [5.41, 5.74) is 7.04. The molecular formula is C15H21BrN2O2. The van der Waals surface area contributed by atoms with E-state index < -0.39 is 6.04 Å². The van der Waals surface area contributed by atoms with Crippen LogP contribution in [0.15, 0.2) is 28.7 Å². The van der Waals surface area contributed by atoms with Crippen LogP contribution in [0.4, 0.5) is 0 Å². The molecular weight excluding hydrogens is 320 g/mol. The van der Waals surface area contributed by atoms with E-state index in [1.165, 1.54) is 0 Å². The molecule has 1 aliphatic rings. The lowest BCUT2D eigenvalue weighted by molar-refractivity contribution is -0.141. The summed E-state index contributed by atoms with van der Waals surface area (Å²) >= 11 is 3.42. The quantitative estimate of drug-likeness (QED) is 0.918. The average Bonchev–Trinajstić information content (AvgIpc) is 2.46. The number of nitrogens with zero attached hydrogens (tertiary/aromatic N) is 1. The molecule has 20 heavy (non-hydrogen) atoms. The van der Waals surface area contributed by atoms with Crippen LogP contribution in [0.1, 0.15) is 25.5 Å². The van der Waals surface area contributed by atoms with E-state index >= 15 is 0 Å². The van der Waals surface area contributed by atoms with Gasteiger partial charge in [0.1, 0.15) is 6.10 Å². The van der Waals surface area contributed by atoms with Gasteiger partial charge in [0, 0.05) is 11.0 Å². The first-order valence-corrected chi connectivity index (χ1v) is 7.69. The number of halogens is 1. The summed E-state index contributed by atoms with van der Waals surface area (Å²) in [4.78, 5) is 14.1. The van der Waals surface area contributed by atoms with Crippen molar-refractivity contribution in [2.24, 2.45) is 11.7 Å². The fourth-order valence-corrected chi connectivity index (χ4v) is 2.49. The number of benzene rings is 1. The van der Waals surface area contributed by atoms with Gasteiger partial charge in [0.25, 0.3) is 0 Å². The molecule has 0 aromatic heterocycles. The van der Waals surface area contributed by atoms with Gasteiger partial charge in [-0.1, -0.05) is 41.9 Å². The SMILES string of the molecule is CC(C)[C@H](N)C(=O)N1CCOC(c2ccc(Br)cc2)C1. The largest absolute Gasteiger partial charge is 0.370 e. The Bertz CT molecular complexity index is 461. The van der Waals surface area contributed by atoms with Crippen molar-refractivity contribution in [1.82, 2.24) is 4.90 Å². The van der Waals surface area contributed by atoms with Crippen LogP contribution >= 0.6 is 15.9 Å². The smallest absolute Gasteiger partial charge is 0.239 e. The lowest BCUT2D eigenvalue weighted by Crippen LogP contribution is -2.51. The maximum atomic E-state index is 12.3. The van der Waals surface area contributed by atoms with E-state index in [4.69, 9.17) is 10.5 Å². The summed E-state index contributed by atoms with van der Waals surface area (Å²) < 4.78 is 6.81. The van der Waals surface area contributed by atoms with E-state index in [0.717, 1.165) is 10.0 Å². The predicted octanol–water partition coefficient (Wildman–Crippen LogP) is 2.33. The van der Waals surface area contributed by atoms with Crippen LogP contribution in [-0.4, -0.2) is 36.5 Å². The van der Waals surface area contributed by atoms with Gasteiger partial charge in [-0.15, -0.1) is 0 Å². The first kappa shape index (κ1) is 15.5. The van der Waals surface area contributed by atoms with Gasteiger partial charge < -0.3 is 15.4 Å². The summed E-state index contributed by atoms with van der Waals surface area (Å²) in [6.45, 7) is 5.68. The highest BCUT2D eigenvalue weighted by Crippen LogP contribution is 2.24. The lowest BCUT2D eigenvalue weighted by atomic mass is 10.0. The molecule has 2 atom stereocenters. The van der Waals surface area contributed by atoms with Crippen molar-refractivity contribution in [3.05, 3.63) is 34.3 Å². The van der Waals surface area contributed by atoms with Gasteiger partial charge in [0.15, 0.2) is 0 Å². The summed E-state index contributed by atoms with van der Waals surface area (Å²) in [7, 11) is 0. The summed E-state index contributed by atoms with van der Waals surface area (Å²) in [6.07, 6.45) is -0.0693. The molecule has 1 aromatic rings. The zero-order valence-electron chi connectivity index (χ0n) is 11.9. The van der Waals surface area contributed by atoms with Gasteiger partial charge in [-0.05, 0) is 23.6 Å². The number of hydrogen-bond acceptors (Lipinski definition) is 3. The maximum absolute atomic E-state index is 12.3. The molecule has 1 fully saturated rings. The third kappa shape index (κ3) is 3.59. The van der Waals surface area contributed by atoms with E-state index in [1.54, 1.807) is 0 Å². The van der Waals surface area contributed by atoms with Gasteiger partial charge in [0.2, 0.25) is 5.91 Å². The molecule has 1 amide bonds. The van der Waals surface area contributed by atoms with Crippen molar-refractivity contribution in [3.63, 3.8) is 0 Å². The molecule has 5 heteroatoms. The van der Waals surface area contributed by atoms with Crippen LogP contribution in [0.3, 0.4) is 0 Å². The molecule has 1 aliphatic heterocycles. The van der Waals surface area contributed by atoms with E-state index in [2.05, 4.69) is 15.9 Å². The monoisotopic (exact) mass is 340 g/mol. The topological polar surface area (TPSA) is 55.6 Å². The fraction of sp³-hybridized carbons (Fsp3) is 0.533. The van der Waals surface area contributed by atoms with Crippen molar-refractivity contribution < 1.29 is 9.53 Å². The Balaban J connectivity index is 2.05. The van der Waals surface area contributed by atoms with Crippen molar-refractivity contribution in [2.75, 3.05) is 19.7 Å². The highest BCUT2D eigenvalue weighted by atomic mass is 79.9. The van der Waals surface area contributed by atoms with Crippen LogP contribution in [-0.2, 0) is 9.53 Å². The molecule has 2 rings (SSSR count). The summed E-state index contributed by atoms with van der Waals surface area (Å²) in [5.74, 6) is 0.168. The van der Waals surface area contributed by atoms with Crippen molar-refractivity contribution in [2.45, 2.75) is 26.0 Å². The molecule has 0 saturated carbocycles. The van der Waals surface area contributed by atoms with Crippen LogP contribution in [0.5, 0.6) is 0 Å². The molecule has 1 heterocycles. The molecule has 2 N–H and O–H groups in total. The van der Waals surface area contributed by atoms with E-state index in [1.807, 2.05) is 43.0 Å². The van der Waals surface area contributed by atoms with Crippen LogP contribution in [0.2, 0.25) is 0 Å². The van der Waals surface area contributed by atoms with Gasteiger partial charge in [-0.25, -0.2) is 0 Å². The molecule has 1 saturated heterocycles. The minimum absolute atomic E-state index is 0.0189. The number of nitrogens with two attached hydrogens (primary N) is 1. The van der Waals surface area contributed by atoms with E-state index in [0.29, 0.717) is 19.7 Å². The van der Waals surface area contributed by atoms with Crippen molar-refractivity contribution in [3.8, 4) is 0 Å². The van der Waals surface area contributed by atoms with Crippen LogP contribution < -0.4 is 5.73 Å². The number of morpholine rings is 1. The predicted molar refractivity (Wildman–Crippen MR) is 82.2 cm³/mol. The summed E-state index contributed by atoms with van der Waals surface area (Å²) in [6, 6.07) is 7.58. The van der Waals surface area contributed by atoms with Crippen LogP contribution in [0.25, 0.3) is 0 Å². The van der Waals surface area contributed by atoms with E-state index in [9.17, 15) is 4.79 Å². The second-order valence-corrected chi connectivity index (χ2v) is 6.38. The molecule has 1 aromatic carbocycles. The number of carbonyl (C=O) groups excluding carboxylic acids is 1. The minimum Gasteiger partial charge on any atom is -0.370 e. The number of rotatable bonds is 3. The first-order chi connectivity index (χ1) is 9.49. The standard InChI is InChI=1S/C15H21BrN2O2/c1-10(2)14(17)15(19)18-7-8-20-13(9-18)11-3-5-12(16)6-4-11/h3-6,10,13-14H,7-9,17H2,1-2H3/t13?,14-/m0/s1. The lowest BCUT2D eigenvalue weighted by Gasteiger charge is -2.35. The molecule has 0 spiro atoms. The van der Waals surface area contributed by atoms with Gasteiger partial charge in [-0.3, -0.25) is 4.79 Å². The third-order valence-corrected chi connectivity index (χ3v) is 4.15. The highest BCUT2D eigenvalue weighted by Gasteiger charge is 2.29. The molecule has 4 nitrogen and oxygen atoms in total. The number of amides is 1.